The topological polar surface area (TPSA) is 118 Å². The molecule has 0 saturated heterocycles. The Morgan fingerprint density at radius 1 is 0.733 bits per heavy atom. The van der Waals surface area contributed by atoms with Gasteiger partial charge in [0.15, 0.2) is 34.6 Å². The van der Waals surface area contributed by atoms with Gasteiger partial charge in [-0.3, -0.25) is 19.2 Å². The van der Waals surface area contributed by atoms with E-state index in [1.807, 2.05) is 0 Å². The van der Waals surface area contributed by atoms with Crippen molar-refractivity contribution in [3.05, 3.63) is 16.5 Å². The van der Waals surface area contributed by atoms with E-state index >= 15 is 0 Å². The second-order valence-corrected chi connectivity index (χ2v) is 9.67. The van der Waals surface area contributed by atoms with Gasteiger partial charge in [0.2, 0.25) is 0 Å². The number of carbonyl (C=O) groups is 4. The lowest BCUT2D eigenvalue weighted by Crippen LogP contribution is -2.43. The number of aromatic hydroxyl groups is 2. The van der Waals surface area contributed by atoms with Gasteiger partial charge >= 0.3 is 0 Å². The highest BCUT2D eigenvalue weighted by Gasteiger charge is 2.40. The Morgan fingerprint density at radius 2 is 1.10 bits per heavy atom. The molecule has 0 unspecified atom stereocenters. The average molecular weight is 414 g/mol. The highest BCUT2D eigenvalue weighted by Crippen LogP contribution is 2.36. The van der Waals surface area contributed by atoms with Crippen LogP contribution in [0, 0.1) is 10.8 Å². The van der Waals surface area contributed by atoms with Crippen molar-refractivity contribution in [2.45, 2.75) is 53.4 Å². The Bertz CT molecular complexity index is 1080. The van der Waals surface area contributed by atoms with Crippen LogP contribution in [0.25, 0.3) is 11.1 Å². The number of Topliss-reactive ketones (excluding diaryl/α,β-unsaturated/α-hetero) is 4. The van der Waals surface area contributed by atoms with Crippen molar-refractivity contribution in [2.75, 3.05) is 7.11 Å². The number of phenols is 2. The van der Waals surface area contributed by atoms with E-state index in [9.17, 15) is 29.4 Å². The number of hydrogen-bond donors (Lipinski definition) is 2. The van der Waals surface area contributed by atoms with Gasteiger partial charge in [0.05, 0.1) is 18.3 Å². The first-order valence-electron chi connectivity index (χ1n) is 9.78. The van der Waals surface area contributed by atoms with Gasteiger partial charge in [-0.15, -0.1) is 0 Å². The van der Waals surface area contributed by atoms with Gasteiger partial charge < -0.3 is 14.9 Å². The fourth-order valence-corrected chi connectivity index (χ4v) is 4.37. The Balaban J connectivity index is 2.54. The largest absolute Gasteiger partial charge is 0.507 e. The van der Waals surface area contributed by atoms with Gasteiger partial charge in [-0.25, -0.2) is 0 Å². The SMILES string of the molecule is COc1cc(O)c(=C2C(=O)CC(C)(C)CC2=O)c(=C2C(=O)CC(C)(C)CC2=O)c1O. The molecule has 2 aliphatic carbocycles. The summed E-state index contributed by atoms with van der Waals surface area (Å²) < 4.78 is 5.07. The fraction of sp³-hybridized carbons (Fsp3) is 0.478. The Morgan fingerprint density at radius 3 is 1.47 bits per heavy atom. The van der Waals surface area contributed by atoms with E-state index < -0.39 is 45.5 Å². The van der Waals surface area contributed by atoms with E-state index in [1.165, 1.54) is 7.11 Å². The van der Waals surface area contributed by atoms with Crippen molar-refractivity contribution < 1.29 is 34.1 Å². The second kappa shape index (κ2) is 7.07. The molecule has 0 atom stereocenters. The minimum Gasteiger partial charge on any atom is -0.507 e. The van der Waals surface area contributed by atoms with Crippen LogP contribution >= 0.6 is 0 Å². The molecule has 0 aliphatic heterocycles. The Kier molecular flexibility index (Phi) is 5.13. The molecule has 0 radical (unpaired) electrons. The van der Waals surface area contributed by atoms with Crippen LogP contribution in [0.15, 0.2) is 6.07 Å². The van der Waals surface area contributed by atoms with Gasteiger partial charge in [-0.2, -0.15) is 0 Å². The molecule has 0 bridgehead atoms. The van der Waals surface area contributed by atoms with Crippen molar-refractivity contribution in [3.63, 3.8) is 0 Å². The first-order chi connectivity index (χ1) is 13.8. The third-order valence-electron chi connectivity index (χ3n) is 5.64. The van der Waals surface area contributed by atoms with E-state index in [-0.39, 0.29) is 53.0 Å². The number of methoxy groups -OCH3 is 1. The minimum absolute atomic E-state index is 0.0508. The van der Waals surface area contributed by atoms with Crippen molar-refractivity contribution in [3.8, 4) is 17.2 Å². The van der Waals surface area contributed by atoms with E-state index in [1.54, 1.807) is 27.7 Å². The van der Waals surface area contributed by atoms with Gasteiger partial charge in [-0.05, 0) is 10.8 Å². The van der Waals surface area contributed by atoms with E-state index in [0.29, 0.717) is 0 Å². The minimum atomic E-state index is -0.556. The summed E-state index contributed by atoms with van der Waals surface area (Å²) in [7, 11) is 1.25. The van der Waals surface area contributed by atoms with Gasteiger partial charge in [0, 0.05) is 42.2 Å². The summed E-state index contributed by atoms with van der Waals surface area (Å²) in [4.78, 5) is 51.6. The molecule has 2 aliphatic rings. The molecule has 30 heavy (non-hydrogen) atoms. The molecule has 7 heteroatoms. The van der Waals surface area contributed by atoms with Crippen molar-refractivity contribution in [2.24, 2.45) is 10.8 Å². The summed E-state index contributed by atoms with van der Waals surface area (Å²) in [5.41, 5.74) is -1.70. The lowest BCUT2D eigenvalue weighted by Gasteiger charge is -2.30. The summed E-state index contributed by atoms with van der Waals surface area (Å²) in [5.74, 6) is -3.27. The lowest BCUT2D eigenvalue weighted by atomic mass is 9.72. The van der Waals surface area contributed by atoms with Crippen LogP contribution in [-0.2, 0) is 19.2 Å². The van der Waals surface area contributed by atoms with Crippen LogP contribution < -0.4 is 15.2 Å². The maximum Gasteiger partial charge on any atom is 0.167 e. The van der Waals surface area contributed by atoms with Gasteiger partial charge in [0.1, 0.15) is 5.75 Å². The van der Waals surface area contributed by atoms with Crippen LogP contribution in [0.1, 0.15) is 53.4 Å². The molecule has 2 saturated carbocycles. The molecule has 0 spiro atoms. The number of rotatable bonds is 1. The third kappa shape index (κ3) is 3.64. The third-order valence-corrected chi connectivity index (χ3v) is 5.64. The molecular weight excluding hydrogens is 388 g/mol. The van der Waals surface area contributed by atoms with Crippen LogP contribution in [-0.4, -0.2) is 40.5 Å². The molecule has 2 fully saturated rings. The molecule has 3 rings (SSSR count). The molecule has 0 amide bonds. The predicted octanol–water partition coefficient (Wildman–Crippen LogP) is 1.32. The molecular formula is C23H26O7. The smallest absolute Gasteiger partial charge is 0.167 e. The number of ether oxygens (including phenoxy) is 1. The first-order valence-corrected chi connectivity index (χ1v) is 9.78. The summed E-state index contributed by atoms with van der Waals surface area (Å²) in [6.45, 7) is 7.15. The van der Waals surface area contributed by atoms with E-state index in [4.69, 9.17) is 4.74 Å². The number of hydrogen-bond acceptors (Lipinski definition) is 7. The normalized spacial score (nSPS) is 21.2. The van der Waals surface area contributed by atoms with Crippen LogP contribution in [0.2, 0.25) is 0 Å². The average Bonchev–Trinajstić information content (AvgIpc) is 2.56. The fourth-order valence-electron chi connectivity index (χ4n) is 4.37. The Labute approximate surface area is 174 Å². The van der Waals surface area contributed by atoms with E-state index in [2.05, 4.69) is 0 Å². The number of benzene rings is 1. The van der Waals surface area contributed by atoms with Crippen LogP contribution in [0.4, 0.5) is 0 Å². The van der Waals surface area contributed by atoms with E-state index in [0.717, 1.165) is 6.07 Å². The second-order valence-electron chi connectivity index (χ2n) is 9.67. The summed E-state index contributed by atoms with van der Waals surface area (Å²) in [5, 5.41) is 21.0. The summed E-state index contributed by atoms with van der Waals surface area (Å²) >= 11 is 0. The molecule has 0 aromatic heterocycles. The molecule has 2 N–H and O–H groups in total. The zero-order chi connectivity index (χ0) is 22.6. The quantitative estimate of drug-likeness (QED) is 0.666. The molecule has 1 aromatic carbocycles. The maximum absolute atomic E-state index is 12.9. The summed E-state index contributed by atoms with van der Waals surface area (Å²) in [6.07, 6.45) is 0.221. The Hall–Kier alpha value is -2.96. The van der Waals surface area contributed by atoms with Crippen molar-refractivity contribution in [1.82, 2.24) is 0 Å². The molecule has 160 valence electrons. The zero-order valence-electron chi connectivity index (χ0n) is 17.8. The maximum atomic E-state index is 12.9. The molecule has 1 aromatic rings. The number of carbonyl (C=O) groups excluding carboxylic acids is 4. The predicted molar refractivity (Wildman–Crippen MR) is 108 cm³/mol. The number of ketones is 4. The van der Waals surface area contributed by atoms with Gasteiger partial charge in [-0.1, -0.05) is 27.7 Å². The number of phenolic OH excluding ortho intramolecular Hbond substituents is 2. The highest BCUT2D eigenvalue weighted by molar-refractivity contribution is 6.45. The van der Waals surface area contributed by atoms with Gasteiger partial charge in [0.25, 0.3) is 0 Å². The standard InChI is InChI=1S/C23H26O7/c1-22(2)7-12(25)17(13(26)8-22)19-11(24)6-16(30-5)21(29)20(19)18-14(27)9-23(3,4)10-15(18)28/h6,24,29H,7-10H2,1-5H3. The lowest BCUT2D eigenvalue weighted by molar-refractivity contribution is -0.126. The van der Waals surface area contributed by atoms with Crippen LogP contribution in [0.5, 0.6) is 17.2 Å². The monoisotopic (exact) mass is 414 g/mol. The van der Waals surface area contributed by atoms with Crippen molar-refractivity contribution in [1.29, 1.82) is 0 Å². The highest BCUT2D eigenvalue weighted by atomic mass is 16.5. The van der Waals surface area contributed by atoms with Crippen molar-refractivity contribution >= 4 is 34.3 Å². The zero-order valence-corrected chi connectivity index (χ0v) is 17.8. The first kappa shape index (κ1) is 21.7. The van der Waals surface area contributed by atoms with Crippen LogP contribution in [0.3, 0.4) is 0 Å². The molecule has 7 nitrogen and oxygen atoms in total. The summed E-state index contributed by atoms with van der Waals surface area (Å²) in [6, 6.07) is 1.07. The molecule has 0 heterocycles.